The van der Waals surface area contributed by atoms with Crippen molar-refractivity contribution in [3.63, 3.8) is 0 Å². The zero-order chi connectivity index (χ0) is 19.2. The lowest BCUT2D eigenvalue weighted by molar-refractivity contribution is -0.0502. The molecule has 0 amide bonds. The van der Waals surface area contributed by atoms with E-state index in [0.717, 1.165) is 29.4 Å². The van der Waals surface area contributed by atoms with Gasteiger partial charge in [-0.2, -0.15) is 8.78 Å². The summed E-state index contributed by atoms with van der Waals surface area (Å²) in [7, 11) is 0. The minimum Gasteiger partial charge on any atom is -0.486 e. The predicted molar refractivity (Wildman–Crippen MR) is 106 cm³/mol. The lowest BCUT2D eigenvalue weighted by atomic mass is 9.99. The molecule has 2 nitrogen and oxygen atoms in total. The minimum atomic E-state index is -2.92. The molecule has 140 valence electrons. The lowest BCUT2D eigenvalue weighted by Gasteiger charge is -2.14. The van der Waals surface area contributed by atoms with Crippen LogP contribution in [0, 0.1) is 0 Å². The molecule has 0 aromatic heterocycles. The van der Waals surface area contributed by atoms with E-state index in [9.17, 15) is 8.78 Å². The van der Waals surface area contributed by atoms with Crippen molar-refractivity contribution in [2.24, 2.45) is 0 Å². The van der Waals surface area contributed by atoms with Gasteiger partial charge in [0, 0.05) is 5.39 Å². The first-order valence-corrected chi connectivity index (χ1v) is 8.97. The maximum atomic E-state index is 12.9. The third-order valence-electron chi connectivity index (χ3n) is 4.32. The van der Waals surface area contributed by atoms with Crippen molar-refractivity contribution in [1.82, 2.24) is 0 Å². The summed E-state index contributed by atoms with van der Waals surface area (Å²) in [6.45, 7) is 3.03. The van der Waals surface area contributed by atoms with Gasteiger partial charge < -0.3 is 9.47 Å². The number of fused-ring (bicyclic) bond motifs is 1. The molecule has 3 rings (SSSR count). The second-order valence-corrected chi connectivity index (χ2v) is 6.25. The highest BCUT2D eigenvalue weighted by molar-refractivity contribution is 5.93. The largest absolute Gasteiger partial charge is 0.486 e. The molecule has 0 unspecified atom stereocenters. The van der Waals surface area contributed by atoms with Crippen LogP contribution in [-0.4, -0.2) is 13.2 Å². The fraction of sp³-hybridized carbons (Fsp3) is 0.217. The van der Waals surface area contributed by atoms with E-state index in [0.29, 0.717) is 5.39 Å². The van der Waals surface area contributed by atoms with Gasteiger partial charge in [-0.15, -0.1) is 0 Å². The molecule has 0 N–H and O–H groups in total. The van der Waals surface area contributed by atoms with Crippen molar-refractivity contribution < 1.29 is 18.3 Å². The maximum absolute atomic E-state index is 12.9. The normalized spacial score (nSPS) is 11.0. The summed E-state index contributed by atoms with van der Waals surface area (Å²) in [5, 5.41) is 1.40. The molecule has 0 bridgehead atoms. The summed E-state index contributed by atoms with van der Waals surface area (Å²) in [5.41, 5.74) is 3.41. The number of hydrogen-bond acceptors (Lipinski definition) is 2. The maximum Gasteiger partial charge on any atom is 0.387 e. The zero-order valence-electron chi connectivity index (χ0n) is 15.3. The van der Waals surface area contributed by atoms with Crippen molar-refractivity contribution in [2.75, 3.05) is 6.61 Å². The van der Waals surface area contributed by atoms with Gasteiger partial charge in [0.05, 0.1) is 0 Å². The van der Waals surface area contributed by atoms with Crippen LogP contribution in [0.4, 0.5) is 8.78 Å². The van der Waals surface area contributed by atoms with Crippen LogP contribution in [0.5, 0.6) is 11.5 Å². The average molecular weight is 368 g/mol. The van der Waals surface area contributed by atoms with Gasteiger partial charge in [-0.3, -0.25) is 0 Å². The van der Waals surface area contributed by atoms with Gasteiger partial charge in [0.25, 0.3) is 0 Å². The molecule has 0 aliphatic carbocycles. The molecule has 0 spiro atoms. The molecule has 3 aromatic carbocycles. The summed E-state index contributed by atoms with van der Waals surface area (Å²) in [4.78, 5) is 0. The number of aryl methyl sites for hydroxylation is 1. The summed E-state index contributed by atoms with van der Waals surface area (Å²) < 4.78 is 36.0. The van der Waals surface area contributed by atoms with E-state index in [2.05, 4.69) is 37.8 Å². The molecule has 27 heavy (non-hydrogen) atoms. The van der Waals surface area contributed by atoms with E-state index in [4.69, 9.17) is 9.47 Å². The van der Waals surface area contributed by atoms with E-state index < -0.39 is 6.61 Å². The van der Waals surface area contributed by atoms with Gasteiger partial charge in [0.15, 0.2) is 11.5 Å². The van der Waals surface area contributed by atoms with Crippen LogP contribution in [0.25, 0.3) is 21.9 Å². The Labute approximate surface area is 158 Å². The van der Waals surface area contributed by atoms with Crippen LogP contribution in [0.1, 0.15) is 18.9 Å². The van der Waals surface area contributed by atoms with Crippen molar-refractivity contribution in [1.29, 1.82) is 0 Å². The molecule has 0 radical (unpaired) electrons. The highest BCUT2D eigenvalue weighted by Gasteiger charge is 2.15. The van der Waals surface area contributed by atoms with Crippen molar-refractivity contribution in [3.8, 4) is 22.6 Å². The minimum absolute atomic E-state index is 0.0502. The highest BCUT2D eigenvalue weighted by Crippen LogP contribution is 2.38. The van der Waals surface area contributed by atoms with Gasteiger partial charge >= 0.3 is 6.61 Å². The molecule has 0 heterocycles. The molecular formula is C23H22F2O2. The lowest BCUT2D eigenvalue weighted by Crippen LogP contribution is -2.05. The summed E-state index contributed by atoms with van der Waals surface area (Å²) in [6.07, 6.45) is 3.72. The van der Waals surface area contributed by atoms with Gasteiger partial charge in [0.2, 0.25) is 0 Å². The molecule has 0 saturated carbocycles. The van der Waals surface area contributed by atoms with E-state index in [1.165, 1.54) is 5.56 Å². The third-order valence-corrected chi connectivity index (χ3v) is 4.32. The van der Waals surface area contributed by atoms with Crippen molar-refractivity contribution in [2.45, 2.75) is 26.4 Å². The molecule has 3 aromatic rings. The standard InChI is InChI=1S/C23H22F2O2/c1-3-5-16-6-8-17(9-7-16)18-10-12-20-19(15-18)11-13-21(26-14-4-2)22(20)27-23(24)25/h4,6-13,15,23H,2-3,5,14H2,1H3. The van der Waals surface area contributed by atoms with Crippen molar-refractivity contribution >= 4 is 10.8 Å². The summed E-state index contributed by atoms with van der Waals surface area (Å²) in [5.74, 6) is 0.327. The Bertz CT molecular complexity index is 918. The van der Waals surface area contributed by atoms with Crippen LogP contribution in [0.3, 0.4) is 0 Å². The van der Waals surface area contributed by atoms with E-state index in [-0.39, 0.29) is 18.1 Å². The Kier molecular flexibility index (Phi) is 6.07. The van der Waals surface area contributed by atoms with Crippen LogP contribution >= 0.6 is 0 Å². The molecule has 4 heteroatoms. The molecule has 0 saturated heterocycles. The first-order chi connectivity index (χ1) is 13.1. The fourth-order valence-corrected chi connectivity index (χ4v) is 3.09. The third kappa shape index (κ3) is 4.45. The smallest absolute Gasteiger partial charge is 0.387 e. The SMILES string of the molecule is C=CCOc1ccc2cc(-c3ccc(CCC)cc3)ccc2c1OC(F)F. The van der Waals surface area contributed by atoms with Gasteiger partial charge in [-0.25, -0.2) is 0 Å². The number of hydrogen-bond donors (Lipinski definition) is 0. The Morgan fingerprint density at radius 2 is 1.74 bits per heavy atom. The number of rotatable bonds is 8. The van der Waals surface area contributed by atoms with Crippen LogP contribution in [-0.2, 0) is 6.42 Å². The molecule has 0 aliphatic rings. The fourth-order valence-electron chi connectivity index (χ4n) is 3.09. The monoisotopic (exact) mass is 368 g/mol. The van der Waals surface area contributed by atoms with Crippen LogP contribution in [0.15, 0.2) is 67.3 Å². The van der Waals surface area contributed by atoms with Crippen molar-refractivity contribution in [3.05, 3.63) is 72.8 Å². The topological polar surface area (TPSA) is 18.5 Å². The zero-order valence-corrected chi connectivity index (χ0v) is 15.3. The number of ether oxygens (including phenoxy) is 2. The first kappa shape index (κ1) is 18.9. The number of alkyl halides is 2. The Morgan fingerprint density at radius 3 is 2.41 bits per heavy atom. The Hall–Kier alpha value is -2.88. The van der Waals surface area contributed by atoms with E-state index in [1.807, 2.05) is 18.2 Å². The second-order valence-electron chi connectivity index (χ2n) is 6.25. The quantitative estimate of drug-likeness (QED) is 0.416. The van der Waals surface area contributed by atoms with Gasteiger partial charge in [-0.1, -0.05) is 62.4 Å². The molecule has 0 fully saturated rings. The Balaban J connectivity index is 2.00. The number of benzene rings is 3. The first-order valence-electron chi connectivity index (χ1n) is 8.97. The van der Waals surface area contributed by atoms with E-state index >= 15 is 0 Å². The predicted octanol–water partition coefficient (Wildman–Crippen LogP) is 6.63. The Morgan fingerprint density at radius 1 is 1.00 bits per heavy atom. The van der Waals surface area contributed by atoms with Crippen LogP contribution < -0.4 is 9.47 Å². The van der Waals surface area contributed by atoms with E-state index in [1.54, 1.807) is 18.2 Å². The molecule has 0 atom stereocenters. The summed E-state index contributed by atoms with van der Waals surface area (Å²) in [6, 6.07) is 17.6. The highest BCUT2D eigenvalue weighted by atomic mass is 19.3. The average Bonchev–Trinajstić information content (AvgIpc) is 2.67. The molecular weight excluding hydrogens is 346 g/mol. The van der Waals surface area contributed by atoms with Gasteiger partial charge in [0.1, 0.15) is 6.61 Å². The van der Waals surface area contributed by atoms with Gasteiger partial charge in [-0.05, 0) is 46.7 Å². The molecule has 0 aliphatic heterocycles. The summed E-state index contributed by atoms with van der Waals surface area (Å²) >= 11 is 0. The van der Waals surface area contributed by atoms with Crippen LogP contribution in [0.2, 0.25) is 0 Å². The second kappa shape index (κ2) is 8.67. The number of halogens is 2.